The maximum atomic E-state index is 14.1. The molecule has 3 aromatic rings. The summed E-state index contributed by atoms with van der Waals surface area (Å²) in [5, 5.41) is 4.85. The minimum atomic E-state index is -1.10. The Morgan fingerprint density at radius 1 is 1.37 bits per heavy atom. The SMILES string of the molecule is COc1ccc(F)cc1[C@@H](C(=O)Nc1nccs1)N1Cc2ccc(Br)c(C)c2C1=O. The molecule has 2 amide bonds. The predicted molar refractivity (Wildman–Crippen MR) is 115 cm³/mol. The summed E-state index contributed by atoms with van der Waals surface area (Å²) in [7, 11) is 1.44. The maximum absolute atomic E-state index is 14.1. The van der Waals surface area contributed by atoms with Crippen molar-refractivity contribution in [2.75, 3.05) is 12.4 Å². The third-order valence-electron chi connectivity index (χ3n) is 5.01. The molecular formula is C21H17BrFN3O3S. The summed E-state index contributed by atoms with van der Waals surface area (Å²) < 4.78 is 20.3. The Hall–Kier alpha value is -2.78. The molecular weight excluding hydrogens is 473 g/mol. The molecule has 1 aliphatic heterocycles. The molecule has 6 nitrogen and oxygen atoms in total. The van der Waals surface area contributed by atoms with Crippen molar-refractivity contribution in [3.63, 3.8) is 0 Å². The number of aromatic nitrogens is 1. The van der Waals surface area contributed by atoms with E-state index < -0.39 is 17.8 Å². The second-order valence-electron chi connectivity index (χ2n) is 6.75. The number of anilines is 1. The van der Waals surface area contributed by atoms with Crippen LogP contribution in [0.25, 0.3) is 0 Å². The summed E-state index contributed by atoms with van der Waals surface area (Å²) in [6.07, 6.45) is 1.57. The van der Waals surface area contributed by atoms with Gasteiger partial charge in [0.25, 0.3) is 11.8 Å². The topological polar surface area (TPSA) is 71.5 Å². The van der Waals surface area contributed by atoms with Crippen LogP contribution in [-0.2, 0) is 11.3 Å². The third kappa shape index (κ3) is 3.59. The summed E-state index contributed by atoms with van der Waals surface area (Å²) in [5.74, 6) is -1.00. The van der Waals surface area contributed by atoms with Gasteiger partial charge in [-0.15, -0.1) is 11.3 Å². The fraction of sp³-hybridized carbons (Fsp3) is 0.190. The third-order valence-corrected chi connectivity index (χ3v) is 6.56. The second-order valence-corrected chi connectivity index (χ2v) is 8.50. The van der Waals surface area contributed by atoms with E-state index in [0.29, 0.717) is 16.4 Å². The minimum absolute atomic E-state index is 0.220. The molecule has 154 valence electrons. The molecule has 30 heavy (non-hydrogen) atoms. The lowest BCUT2D eigenvalue weighted by atomic mass is 10.0. The van der Waals surface area contributed by atoms with E-state index in [-0.39, 0.29) is 18.0 Å². The van der Waals surface area contributed by atoms with Gasteiger partial charge in [0.1, 0.15) is 17.6 Å². The standard InChI is InChI=1S/C21H17BrFN3O3S/c1-11-15(22)5-3-12-10-26(20(28)17(11)12)18(19(27)25-21-24-7-8-30-21)14-9-13(23)4-6-16(14)29-2/h3-9,18H,10H2,1-2H3,(H,24,25,27)/t18-/m0/s1. The number of nitrogens with zero attached hydrogens (tertiary/aromatic N) is 2. The van der Waals surface area contributed by atoms with Crippen molar-refractivity contribution in [3.05, 3.63) is 74.5 Å². The van der Waals surface area contributed by atoms with E-state index in [0.717, 1.165) is 15.6 Å². The van der Waals surface area contributed by atoms with Gasteiger partial charge in [-0.05, 0) is 42.3 Å². The Balaban J connectivity index is 1.80. The maximum Gasteiger partial charge on any atom is 0.255 e. The minimum Gasteiger partial charge on any atom is -0.496 e. The van der Waals surface area contributed by atoms with Crippen LogP contribution in [0.4, 0.5) is 9.52 Å². The van der Waals surface area contributed by atoms with Crippen molar-refractivity contribution < 1.29 is 18.7 Å². The summed E-state index contributed by atoms with van der Waals surface area (Å²) in [5.41, 5.74) is 2.42. The van der Waals surface area contributed by atoms with Crippen LogP contribution in [-0.4, -0.2) is 28.8 Å². The van der Waals surface area contributed by atoms with Gasteiger partial charge in [-0.3, -0.25) is 14.9 Å². The summed E-state index contributed by atoms with van der Waals surface area (Å²) >= 11 is 4.71. The Morgan fingerprint density at radius 2 is 2.17 bits per heavy atom. The molecule has 0 saturated carbocycles. The highest BCUT2D eigenvalue weighted by Gasteiger charge is 2.40. The number of fused-ring (bicyclic) bond motifs is 1. The number of nitrogens with one attached hydrogen (secondary N) is 1. The first-order valence-electron chi connectivity index (χ1n) is 9.03. The zero-order chi connectivity index (χ0) is 21.4. The smallest absolute Gasteiger partial charge is 0.255 e. The van der Waals surface area contributed by atoms with Gasteiger partial charge in [0, 0.05) is 33.7 Å². The van der Waals surface area contributed by atoms with Crippen LogP contribution >= 0.6 is 27.3 Å². The molecule has 2 heterocycles. The quantitative estimate of drug-likeness (QED) is 0.563. The van der Waals surface area contributed by atoms with Crippen LogP contribution in [0, 0.1) is 12.7 Å². The lowest BCUT2D eigenvalue weighted by Crippen LogP contribution is -2.38. The van der Waals surface area contributed by atoms with Crippen molar-refractivity contribution in [2.45, 2.75) is 19.5 Å². The average Bonchev–Trinajstić information content (AvgIpc) is 3.34. The molecule has 0 radical (unpaired) electrons. The number of thiazole rings is 1. The Morgan fingerprint density at radius 3 is 2.87 bits per heavy atom. The van der Waals surface area contributed by atoms with Crippen LogP contribution in [0.5, 0.6) is 5.75 Å². The monoisotopic (exact) mass is 489 g/mol. The van der Waals surface area contributed by atoms with Gasteiger partial charge in [0.05, 0.1) is 7.11 Å². The summed E-state index contributed by atoms with van der Waals surface area (Å²) in [4.78, 5) is 32.2. The number of methoxy groups -OCH3 is 1. The van der Waals surface area contributed by atoms with E-state index in [1.165, 1.54) is 41.5 Å². The number of amides is 2. The Bertz CT molecular complexity index is 1140. The fourth-order valence-electron chi connectivity index (χ4n) is 3.61. The highest BCUT2D eigenvalue weighted by Crippen LogP contribution is 2.39. The normalized spacial score (nSPS) is 13.9. The summed E-state index contributed by atoms with van der Waals surface area (Å²) in [6.45, 7) is 2.07. The second kappa shape index (κ2) is 8.16. The first kappa shape index (κ1) is 20.5. The van der Waals surface area contributed by atoms with Gasteiger partial charge in [0.2, 0.25) is 0 Å². The Labute approximate surface area is 184 Å². The number of rotatable bonds is 5. The van der Waals surface area contributed by atoms with Crippen LogP contribution in [0.1, 0.15) is 33.1 Å². The van der Waals surface area contributed by atoms with E-state index in [2.05, 4.69) is 26.2 Å². The lowest BCUT2D eigenvalue weighted by Gasteiger charge is -2.28. The number of hydrogen-bond donors (Lipinski definition) is 1. The highest BCUT2D eigenvalue weighted by molar-refractivity contribution is 9.10. The van der Waals surface area contributed by atoms with Crippen LogP contribution < -0.4 is 10.1 Å². The van der Waals surface area contributed by atoms with Crippen molar-refractivity contribution in [1.29, 1.82) is 0 Å². The van der Waals surface area contributed by atoms with E-state index in [1.807, 2.05) is 19.1 Å². The molecule has 2 aromatic carbocycles. The molecule has 1 aliphatic rings. The molecule has 0 spiro atoms. The molecule has 0 unspecified atom stereocenters. The lowest BCUT2D eigenvalue weighted by molar-refractivity contribution is -0.120. The number of benzene rings is 2. The van der Waals surface area contributed by atoms with E-state index in [4.69, 9.17) is 4.74 Å². The first-order valence-corrected chi connectivity index (χ1v) is 10.7. The van der Waals surface area contributed by atoms with E-state index in [1.54, 1.807) is 11.6 Å². The van der Waals surface area contributed by atoms with Gasteiger partial charge in [-0.25, -0.2) is 9.37 Å². The molecule has 0 aliphatic carbocycles. The fourth-order valence-corrected chi connectivity index (χ4v) is 4.47. The molecule has 4 rings (SSSR count). The van der Waals surface area contributed by atoms with Crippen LogP contribution in [0.15, 0.2) is 46.4 Å². The van der Waals surface area contributed by atoms with Crippen LogP contribution in [0.2, 0.25) is 0 Å². The summed E-state index contributed by atoms with van der Waals surface area (Å²) in [6, 6.07) is 6.55. The Kier molecular flexibility index (Phi) is 5.57. The van der Waals surface area contributed by atoms with Crippen LogP contribution in [0.3, 0.4) is 0 Å². The molecule has 1 aromatic heterocycles. The van der Waals surface area contributed by atoms with Crippen molar-refractivity contribution in [2.24, 2.45) is 0 Å². The van der Waals surface area contributed by atoms with Gasteiger partial charge in [-0.2, -0.15) is 0 Å². The molecule has 1 N–H and O–H groups in total. The zero-order valence-corrected chi connectivity index (χ0v) is 18.5. The predicted octanol–water partition coefficient (Wildman–Crippen LogP) is 4.70. The van der Waals surface area contributed by atoms with Crippen molar-refractivity contribution in [1.82, 2.24) is 9.88 Å². The highest BCUT2D eigenvalue weighted by atomic mass is 79.9. The van der Waals surface area contributed by atoms with Gasteiger partial charge in [-0.1, -0.05) is 22.0 Å². The van der Waals surface area contributed by atoms with Gasteiger partial charge < -0.3 is 9.64 Å². The molecule has 0 fully saturated rings. The number of carbonyl (C=O) groups excluding carboxylic acids is 2. The number of ether oxygens (including phenoxy) is 1. The number of halogens is 2. The van der Waals surface area contributed by atoms with Crippen molar-refractivity contribution >= 4 is 44.2 Å². The van der Waals surface area contributed by atoms with Crippen molar-refractivity contribution in [3.8, 4) is 5.75 Å². The average molecular weight is 490 g/mol. The molecule has 9 heteroatoms. The number of hydrogen-bond acceptors (Lipinski definition) is 5. The van der Waals surface area contributed by atoms with Gasteiger partial charge in [0.15, 0.2) is 5.13 Å². The zero-order valence-electron chi connectivity index (χ0n) is 16.1. The van der Waals surface area contributed by atoms with E-state index >= 15 is 0 Å². The van der Waals surface area contributed by atoms with E-state index in [9.17, 15) is 14.0 Å². The molecule has 0 saturated heterocycles. The largest absolute Gasteiger partial charge is 0.496 e. The molecule has 0 bridgehead atoms. The molecule has 1 atom stereocenters. The number of carbonyl (C=O) groups is 2. The van der Waals surface area contributed by atoms with Gasteiger partial charge >= 0.3 is 0 Å². The first-order chi connectivity index (χ1) is 14.4.